The fraction of sp³-hybridized carbons (Fsp3) is 0.659. The van der Waals surface area contributed by atoms with Crippen molar-refractivity contribution < 1.29 is 37.6 Å². The summed E-state index contributed by atoms with van der Waals surface area (Å²) < 4.78 is 32.4. The molecule has 9 nitrogen and oxygen atoms in total. The molecule has 1 unspecified atom stereocenters. The van der Waals surface area contributed by atoms with Gasteiger partial charge in [-0.15, -0.1) is 0 Å². The van der Waals surface area contributed by atoms with Crippen LogP contribution in [0.4, 0.5) is 0 Å². The summed E-state index contributed by atoms with van der Waals surface area (Å²) >= 11 is 0. The number of phosphoric acid groups is 1. The lowest BCUT2D eigenvalue weighted by molar-refractivity contribution is -0.157. The molecule has 0 amide bonds. The van der Waals surface area contributed by atoms with Crippen LogP contribution in [0.2, 0.25) is 0 Å². The summed E-state index contributed by atoms with van der Waals surface area (Å²) in [6.07, 6.45) is 44.2. The first-order valence-electron chi connectivity index (χ1n) is 19.5. The average molecular weight is 736 g/mol. The van der Waals surface area contributed by atoms with Crippen molar-refractivity contribution in [3.05, 3.63) is 72.9 Å². The molecule has 3 N–H and O–H groups in total. The van der Waals surface area contributed by atoms with Gasteiger partial charge < -0.3 is 20.1 Å². The Morgan fingerprint density at radius 3 is 1.73 bits per heavy atom. The maximum atomic E-state index is 12.4. The summed E-state index contributed by atoms with van der Waals surface area (Å²) in [5.41, 5.74) is 5.32. The molecular formula is C41H70NO8P. The van der Waals surface area contributed by atoms with Crippen LogP contribution in [0.15, 0.2) is 72.9 Å². The number of hydrogen-bond donors (Lipinski definition) is 2. The number of esters is 2. The number of carbonyl (C=O) groups excluding carboxylic acids is 2. The average Bonchev–Trinajstić information content (AvgIpc) is 3.11. The molecule has 0 spiro atoms. The molecule has 0 saturated carbocycles. The van der Waals surface area contributed by atoms with Crippen molar-refractivity contribution in [2.45, 2.75) is 148 Å². The lowest BCUT2D eigenvalue weighted by Gasteiger charge is -2.19. The third-order valence-corrected chi connectivity index (χ3v) is 8.76. The quantitative estimate of drug-likeness (QED) is 0.0214. The van der Waals surface area contributed by atoms with Crippen molar-refractivity contribution in [1.29, 1.82) is 0 Å². The van der Waals surface area contributed by atoms with Gasteiger partial charge in [-0.3, -0.25) is 13.8 Å². The summed E-state index contributed by atoms with van der Waals surface area (Å²) in [6, 6.07) is 0. The fourth-order valence-electron chi connectivity index (χ4n) is 4.90. The third-order valence-electron chi connectivity index (χ3n) is 7.78. The molecule has 0 aromatic carbocycles. The van der Waals surface area contributed by atoms with Gasteiger partial charge in [0.2, 0.25) is 0 Å². The molecule has 0 aliphatic rings. The fourth-order valence-corrected chi connectivity index (χ4v) is 5.67. The largest absolute Gasteiger partial charge is 0.472 e. The molecule has 0 aliphatic carbocycles. The molecule has 2 atom stereocenters. The number of ether oxygens (including phenoxy) is 2. The molecule has 0 rings (SSSR count). The van der Waals surface area contributed by atoms with Crippen molar-refractivity contribution in [2.24, 2.45) is 5.73 Å². The van der Waals surface area contributed by atoms with Crippen LogP contribution in [0.25, 0.3) is 0 Å². The molecule has 0 fully saturated rings. The molecule has 51 heavy (non-hydrogen) atoms. The Kier molecular flexibility index (Phi) is 35.4. The van der Waals surface area contributed by atoms with Gasteiger partial charge in [0.05, 0.1) is 13.2 Å². The Bertz CT molecular complexity index is 1070. The topological polar surface area (TPSA) is 134 Å². The van der Waals surface area contributed by atoms with Crippen molar-refractivity contribution in [1.82, 2.24) is 0 Å². The van der Waals surface area contributed by atoms with Gasteiger partial charge >= 0.3 is 19.8 Å². The molecule has 0 aromatic rings. The monoisotopic (exact) mass is 735 g/mol. The van der Waals surface area contributed by atoms with E-state index in [2.05, 4.69) is 32.1 Å². The first-order chi connectivity index (χ1) is 24.8. The van der Waals surface area contributed by atoms with E-state index in [1.54, 1.807) is 12.2 Å². The second kappa shape index (κ2) is 37.2. The molecule has 0 radical (unpaired) electrons. The van der Waals surface area contributed by atoms with Gasteiger partial charge in [0.1, 0.15) is 6.61 Å². The minimum atomic E-state index is -4.41. The van der Waals surface area contributed by atoms with Crippen LogP contribution in [0, 0.1) is 0 Å². The minimum absolute atomic E-state index is 0.0335. The Morgan fingerprint density at radius 1 is 0.647 bits per heavy atom. The van der Waals surface area contributed by atoms with Gasteiger partial charge in [-0.05, 0) is 38.5 Å². The molecule has 0 saturated heterocycles. The van der Waals surface area contributed by atoms with Crippen LogP contribution in [0.1, 0.15) is 142 Å². The van der Waals surface area contributed by atoms with Crippen LogP contribution in [-0.2, 0) is 32.7 Å². The van der Waals surface area contributed by atoms with Gasteiger partial charge in [-0.1, -0.05) is 164 Å². The predicted molar refractivity (Wildman–Crippen MR) is 210 cm³/mol. The zero-order chi connectivity index (χ0) is 37.5. The number of phosphoric ester groups is 1. The first kappa shape index (κ1) is 48.5. The molecule has 0 heterocycles. The van der Waals surface area contributed by atoms with E-state index >= 15 is 0 Å². The lowest BCUT2D eigenvalue weighted by atomic mass is 10.1. The third kappa shape index (κ3) is 37.0. The van der Waals surface area contributed by atoms with Gasteiger partial charge in [-0.25, -0.2) is 9.36 Å². The van der Waals surface area contributed by atoms with E-state index < -0.39 is 32.5 Å². The highest BCUT2D eigenvalue weighted by atomic mass is 31.2. The highest BCUT2D eigenvalue weighted by molar-refractivity contribution is 7.47. The van der Waals surface area contributed by atoms with Crippen LogP contribution >= 0.6 is 7.82 Å². The zero-order valence-corrected chi connectivity index (χ0v) is 32.7. The van der Waals surface area contributed by atoms with Crippen molar-refractivity contribution in [3.8, 4) is 0 Å². The summed E-state index contributed by atoms with van der Waals surface area (Å²) in [5, 5.41) is 0. The van der Waals surface area contributed by atoms with E-state index in [0.717, 1.165) is 51.4 Å². The second-order valence-electron chi connectivity index (χ2n) is 12.6. The Balaban J connectivity index is 4.38. The van der Waals surface area contributed by atoms with Crippen molar-refractivity contribution in [3.63, 3.8) is 0 Å². The van der Waals surface area contributed by atoms with Gasteiger partial charge in [0, 0.05) is 19.0 Å². The van der Waals surface area contributed by atoms with Crippen LogP contribution in [0.3, 0.4) is 0 Å². The Morgan fingerprint density at radius 2 is 1.16 bits per heavy atom. The molecule has 0 bridgehead atoms. The molecule has 0 aliphatic heterocycles. The van der Waals surface area contributed by atoms with E-state index in [-0.39, 0.29) is 26.2 Å². The highest BCUT2D eigenvalue weighted by Crippen LogP contribution is 2.43. The van der Waals surface area contributed by atoms with Crippen LogP contribution < -0.4 is 5.73 Å². The number of carbonyl (C=O) groups is 2. The van der Waals surface area contributed by atoms with Crippen molar-refractivity contribution >= 4 is 19.8 Å². The normalized spacial score (nSPS) is 14.2. The van der Waals surface area contributed by atoms with Crippen LogP contribution in [0.5, 0.6) is 0 Å². The summed E-state index contributed by atoms with van der Waals surface area (Å²) in [4.78, 5) is 34.6. The summed E-state index contributed by atoms with van der Waals surface area (Å²) in [5.74, 6) is -1.12. The molecule has 292 valence electrons. The zero-order valence-electron chi connectivity index (χ0n) is 31.8. The number of hydrogen-bond acceptors (Lipinski definition) is 8. The highest BCUT2D eigenvalue weighted by Gasteiger charge is 2.25. The summed E-state index contributed by atoms with van der Waals surface area (Å²) in [7, 11) is -4.41. The van der Waals surface area contributed by atoms with E-state index in [1.165, 1.54) is 70.3 Å². The molecule has 0 aromatic heterocycles. The standard InChI is InChI=1S/C41H70NO8P/c1-3-5-7-9-11-13-15-17-19-21-23-25-27-29-31-33-40(43)47-37-39(38-49-51(45,46)48-36-35-42)50-41(44)34-32-30-28-26-24-22-20-18-16-14-12-10-8-6-4-2/h5,7,9,11,13,15,17,19,28,30,32,34,39H,3-4,6,8,10,12,14,16,18,20-27,29,31,33,35-38,42H2,1-2H3,(H,45,46)/b7-5+,11-9+,15-13+,19-17+,30-28+,34-32+/t39-/m1/s1. The Labute approximate surface area is 310 Å². The van der Waals surface area contributed by atoms with E-state index in [1.807, 2.05) is 36.5 Å². The van der Waals surface area contributed by atoms with E-state index in [9.17, 15) is 19.0 Å². The van der Waals surface area contributed by atoms with Gasteiger partial charge in [-0.2, -0.15) is 0 Å². The van der Waals surface area contributed by atoms with E-state index in [0.29, 0.717) is 6.42 Å². The maximum Gasteiger partial charge on any atom is 0.472 e. The van der Waals surface area contributed by atoms with E-state index in [4.69, 9.17) is 24.3 Å². The molecular weight excluding hydrogens is 665 g/mol. The first-order valence-corrected chi connectivity index (χ1v) is 21.0. The van der Waals surface area contributed by atoms with Crippen LogP contribution in [-0.4, -0.2) is 49.3 Å². The number of nitrogens with two attached hydrogens (primary N) is 1. The number of rotatable bonds is 35. The lowest BCUT2D eigenvalue weighted by Crippen LogP contribution is -2.29. The predicted octanol–water partition coefficient (Wildman–Crippen LogP) is 10.7. The van der Waals surface area contributed by atoms with Crippen molar-refractivity contribution in [2.75, 3.05) is 26.4 Å². The number of allylic oxidation sites excluding steroid dienone is 11. The maximum absolute atomic E-state index is 12.4. The summed E-state index contributed by atoms with van der Waals surface area (Å²) in [6.45, 7) is 3.41. The minimum Gasteiger partial charge on any atom is -0.462 e. The number of unbranched alkanes of at least 4 members (excludes halogenated alkanes) is 16. The molecule has 10 heteroatoms. The SMILES string of the molecule is CC/C=C/C=C/C=C/C=C/CCCCCCCC(=O)OC[C@H](COP(=O)(O)OCCN)OC(=O)/C=C/C=C/CCCCCCCCCCCCC. The Hall–Kier alpha value is -2.55. The smallest absolute Gasteiger partial charge is 0.462 e. The second-order valence-corrected chi connectivity index (χ2v) is 14.0. The van der Waals surface area contributed by atoms with Gasteiger partial charge in [0.25, 0.3) is 0 Å². The van der Waals surface area contributed by atoms with Gasteiger partial charge in [0.15, 0.2) is 6.10 Å².